The van der Waals surface area contributed by atoms with Gasteiger partial charge in [-0.25, -0.2) is 4.98 Å². The second-order valence-corrected chi connectivity index (χ2v) is 6.21. The molecule has 0 aliphatic carbocycles. The Labute approximate surface area is 137 Å². The molecule has 1 aromatic heterocycles. The smallest absolute Gasteiger partial charge is 0.251 e. The maximum absolute atomic E-state index is 12.1. The Kier molecular flexibility index (Phi) is 5.45. The van der Waals surface area contributed by atoms with Crippen molar-refractivity contribution < 1.29 is 9.53 Å². The number of aryl methyl sites for hydroxylation is 1. The molecule has 0 atom stereocenters. The Morgan fingerprint density at radius 3 is 2.57 bits per heavy atom. The quantitative estimate of drug-likeness (QED) is 0.898. The minimum Gasteiger partial charge on any atom is -0.494 e. The Balaban J connectivity index is 1.97. The summed E-state index contributed by atoms with van der Waals surface area (Å²) in [7, 11) is 1.47. The summed E-state index contributed by atoms with van der Waals surface area (Å²) in [6.45, 7) is 2.46. The molecule has 1 heterocycles. The van der Waals surface area contributed by atoms with E-state index in [-0.39, 0.29) is 5.91 Å². The van der Waals surface area contributed by atoms with Gasteiger partial charge in [-0.05, 0) is 19.1 Å². The summed E-state index contributed by atoms with van der Waals surface area (Å²) in [4.78, 5) is 16.4. The van der Waals surface area contributed by atoms with Crippen LogP contribution in [0.2, 0.25) is 10.0 Å². The van der Waals surface area contributed by atoms with Crippen molar-refractivity contribution in [2.75, 3.05) is 13.7 Å². The van der Waals surface area contributed by atoms with E-state index in [1.807, 2.05) is 12.3 Å². The average molecular weight is 345 g/mol. The summed E-state index contributed by atoms with van der Waals surface area (Å²) in [5, 5.41) is 6.44. The molecule has 0 spiro atoms. The van der Waals surface area contributed by atoms with Gasteiger partial charge in [-0.15, -0.1) is 11.3 Å². The number of rotatable bonds is 5. The van der Waals surface area contributed by atoms with Crippen LogP contribution in [0.15, 0.2) is 17.5 Å². The topological polar surface area (TPSA) is 51.2 Å². The number of aromatic nitrogens is 1. The lowest BCUT2D eigenvalue weighted by molar-refractivity contribution is 0.0954. The molecule has 0 radical (unpaired) electrons. The molecule has 0 fully saturated rings. The van der Waals surface area contributed by atoms with Crippen molar-refractivity contribution in [3.05, 3.63) is 43.8 Å². The van der Waals surface area contributed by atoms with Crippen LogP contribution in [-0.2, 0) is 6.42 Å². The van der Waals surface area contributed by atoms with Crippen LogP contribution in [0.3, 0.4) is 0 Å². The highest BCUT2D eigenvalue weighted by atomic mass is 35.5. The van der Waals surface area contributed by atoms with Crippen molar-refractivity contribution in [3.63, 3.8) is 0 Å². The molecule has 2 aromatic rings. The molecule has 1 N–H and O–H groups in total. The van der Waals surface area contributed by atoms with Crippen LogP contribution in [0, 0.1) is 6.92 Å². The predicted octanol–water partition coefficient (Wildman–Crippen LogP) is 3.74. The summed E-state index contributed by atoms with van der Waals surface area (Å²) in [5.74, 6) is 0.140. The lowest BCUT2D eigenvalue weighted by Crippen LogP contribution is -2.25. The Morgan fingerprint density at radius 1 is 1.38 bits per heavy atom. The van der Waals surface area contributed by atoms with Crippen LogP contribution in [-0.4, -0.2) is 24.5 Å². The molecule has 0 bridgehead atoms. The Morgan fingerprint density at radius 2 is 2.05 bits per heavy atom. The van der Waals surface area contributed by atoms with Crippen molar-refractivity contribution in [2.45, 2.75) is 13.3 Å². The average Bonchev–Trinajstić information content (AvgIpc) is 2.84. The number of nitrogens with one attached hydrogen (secondary N) is 1. The summed E-state index contributed by atoms with van der Waals surface area (Å²) in [6.07, 6.45) is 0.688. The molecule has 0 aliphatic heterocycles. The van der Waals surface area contributed by atoms with Crippen LogP contribution < -0.4 is 10.1 Å². The van der Waals surface area contributed by atoms with Gasteiger partial charge in [-0.2, -0.15) is 0 Å². The first-order valence-corrected chi connectivity index (χ1v) is 7.87. The number of hydrogen-bond donors (Lipinski definition) is 1. The first kappa shape index (κ1) is 16.1. The zero-order valence-electron chi connectivity index (χ0n) is 11.6. The van der Waals surface area contributed by atoms with E-state index >= 15 is 0 Å². The molecule has 0 unspecified atom stereocenters. The number of ether oxygens (including phenoxy) is 1. The van der Waals surface area contributed by atoms with Gasteiger partial charge in [0.1, 0.15) is 0 Å². The van der Waals surface area contributed by atoms with Crippen LogP contribution in [0.5, 0.6) is 5.75 Å². The van der Waals surface area contributed by atoms with E-state index in [1.165, 1.54) is 19.2 Å². The summed E-state index contributed by atoms with van der Waals surface area (Å²) in [5.41, 5.74) is 1.38. The number of halogens is 2. The third-order valence-electron chi connectivity index (χ3n) is 2.80. The molecule has 1 aromatic carbocycles. The number of benzene rings is 1. The highest BCUT2D eigenvalue weighted by Crippen LogP contribution is 2.33. The van der Waals surface area contributed by atoms with Crippen molar-refractivity contribution in [2.24, 2.45) is 0 Å². The number of thiazole rings is 1. The molecule has 1 amide bonds. The predicted molar refractivity (Wildman–Crippen MR) is 85.9 cm³/mol. The van der Waals surface area contributed by atoms with Crippen LogP contribution in [0.1, 0.15) is 21.1 Å². The molecular weight excluding hydrogens is 331 g/mol. The van der Waals surface area contributed by atoms with E-state index in [0.717, 1.165) is 10.7 Å². The second-order valence-electron chi connectivity index (χ2n) is 4.34. The van der Waals surface area contributed by atoms with Crippen molar-refractivity contribution >= 4 is 40.4 Å². The first-order chi connectivity index (χ1) is 10.0. The normalized spacial score (nSPS) is 10.5. The molecule has 0 saturated heterocycles. The van der Waals surface area contributed by atoms with Gasteiger partial charge in [0.05, 0.1) is 27.9 Å². The van der Waals surface area contributed by atoms with Crippen LogP contribution >= 0.6 is 34.5 Å². The minimum atomic E-state index is -0.228. The number of amides is 1. The summed E-state index contributed by atoms with van der Waals surface area (Å²) < 4.78 is 5.05. The van der Waals surface area contributed by atoms with Crippen molar-refractivity contribution in [3.8, 4) is 5.75 Å². The van der Waals surface area contributed by atoms with Gasteiger partial charge in [0, 0.05) is 23.9 Å². The molecule has 7 heteroatoms. The second kappa shape index (κ2) is 7.11. The fourth-order valence-electron chi connectivity index (χ4n) is 1.82. The molecule has 0 aliphatic rings. The molecule has 2 rings (SSSR count). The van der Waals surface area contributed by atoms with E-state index in [2.05, 4.69) is 10.3 Å². The number of carbonyl (C=O) groups is 1. The lowest BCUT2D eigenvalue weighted by Gasteiger charge is -2.09. The largest absolute Gasteiger partial charge is 0.494 e. The SMILES string of the molecule is COc1c(Cl)cc(C(=O)NCCc2csc(C)n2)cc1Cl. The third kappa shape index (κ3) is 4.09. The molecule has 112 valence electrons. The maximum Gasteiger partial charge on any atom is 0.251 e. The zero-order chi connectivity index (χ0) is 15.4. The molecule has 21 heavy (non-hydrogen) atoms. The van der Waals surface area contributed by atoms with Gasteiger partial charge in [0.2, 0.25) is 0 Å². The third-order valence-corrected chi connectivity index (χ3v) is 4.18. The number of nitrogens with zero attached hydrogens (tertiary/aromatic N) is 1. The Hall–Kier alpha value is -1.30. The highest BCUT2D eigenvalue weighted by Gasteiger charge is 2.13. The number of carbonyl (C=O) groups excluding carboxylic acids is 1. The zero-order valence-corrected chi connectivity index (χ0v) is 13.9. The highest BCUT2D eigenvalue weighted by molar-refractivity contribution is 7.09. The van der Waals surface area contributed by atoms with E-state index < -0.39 is 0 Å². The summed E-state index contributed by atoms with van der Waals surface area (Å²) >= 11 is 13.6. The fraction of sp³-hybridized carbons (Fsp3) is 0.286. The molecular formula is C14H14Cl2N2O2S. The van der Waals surface area contributed by atoms with Gasteiger partial charge < -0.3 is 10.1 Å². The standard InChI is InChI=1S/C14H14Cl2N2O2S/c1-8-18-10(7-21-8)3-4-17-14(19)9-5-11(15)13(20-2)12(16)6-9/h5-7H,3-4H2,1-2H3,(H,17,19). The van der Waals surface area contributed by atoms with E-state index in [1.54, 1.807) is 11.3 Å². The van der Waals surface area contributed by atoms with Gasteiger partial charge in [-0.1, -0.05) is 23.2 Å². The van der Waals surface area contributed by atoms with E-state index in [4.69, 9.17) is 27.9 Å². The molecule has 4 nitrogen and oxygen atoms in total. The maximum atomic E-state index is 12.1. The summed E-state index contributed by atoms with van der Waals surface area (Å²) in [6, 6.07) is 3.07. The number of hydrogen-bond acceptors (Lipinski definition) is 4. The van der Waals surface area contributed by atoms with Crippen LogP contribution in [0.25, 0.3) is 0 Å². The molecule has 0 saturated carbocycles. The first-order valence-electron chi connectivity index (χ1n) is 6.23. The van der Waals surface area contributed by atoms with E-state index in [0.29, 0.717) is 34.3 Å². The lowest BCUT2D eigenvalue weighted by atomic mass is 10.2. The van der Waals surface area contributed by atoms with Gasteiger partial charge >= 0.3 is 0 Å². The van der Waals surface area contributed by atoms with Crippen LogP contribution in [0.4, 0.5) is 0 Å². The number of methoxy groups -OCH3 is 1. The fourth-order valence-corrected chi connectivity index (χ4v) is 3.10. The van der Waals surface area contributed by atoms with Gasteiger partial charge in [0.15, 0.2) is 5.75 Å². The minimum absolute atomic E-state index is 0.228. The van der Waals surface area contributed by atoms with Gasteiger partial charge in [0.25, 0.3) is 5.91 Å². The van der Waals surface area contributed by atoms with Gasteiger partial charge in [-0.3, -0.25) is 4.79 Å². The van der Waals surface area contributed by atoms with Crippen molar-refractivity contribution in [1.29, 1.82) is 0 Å². The monoisotopic (exact) mass is 344 g/mol. The van der Waals surface area contributed by atoms with E-state index in [9.17, 15) is 4.79 Å². The Bertz CT molecular complexity index is 635. The van der Waals surface area contributed by atoms with Crippen molar-refractivity contribution in [1.82, 2.24) is 10.3 Å².